The van der Waals surface area contributed by atoms with Crippen molar-refractivity contribution in [1.29, 1.82) is 0 Å². The molecular formula is C20H26N2OS. The van der Waals surface area contributed by atoms with Gasteiger partial charge >= 0.3 is 0 Å². The zero-order chi connectivity index (χ0) is 17.1. The number of phenols is 1. The van der Waals surface area contributed by atoms with Crippen LogP contribution >= 0.6 is 11.3 Å². The third kappa shape index (κ3) is 3.65. The standard InChI is InChI=1S/C20H26N2OS/c1-4-9-21-13-16(3)22(14-15(21)2)19-8-10-24-20(19)12-17-6-5-7-18(23)11-17/h4-8,10-11,15-16,23H,1,9,12-14H2,2-3H3/t15-,16+/m1/s1. The van der Waals surface area contributed by atoms with E-state index in [0.29, 0.717) is 17.8 Å². The minimum Gasteiger partial charge on any atom is -0.508 e. The predicted molar refractivity (Wildman–Crippen MR) is 103 cm³/mol. The average Bonchev–Trinajstić information content (AvgIpc) is 2.99. The van der Waals surface area contributed by atoms with Crippen molar-refractivity contribution < 1.29 is 5.11 Å². The second-order valence-electron chi connectivity index (χ2n) is 6.67. The van der Waals surface area contributed by atoms with E-state index in [1.165, 1.54) is 10.6 Å². The average molecular weight is 343 g/mol. The molecule has 0 saturated carbocycles. The van der Waals surface area contributed by atoms with Gasteiger partial charge in [0.05, 0.1) is 5.69 Å². The first-order valence-electron chi connectivity index (χ1n) is 8.54. The molecule has 2 heterocycles. The number of anilines is 1. The Hall–Kier alpha value is -1.78. The first kappa shape index (κ1) is 17.1. The summed E-state index contributed by atoms with van der Waals surface area (Å²) in [7, 11) is 0. The molecule has 0 amide bonds. The summed E-state index contributed by atoms with van der Waals surface area (Å²) in [5.74, 6) is 0.339. The largest absolute Gasteiger partial charge is 0.508 e. The molecule has 1 aliphatic heterocycles. The van der Waals surface area contributed by atoms with Gasteiger partial charge in [-0.15, -0.1) is 17.9 Å². The molecule has 1 aromatic carbocycles. The van der Waals surface area contributed by atoms with Crippen LogP contribution in [0.3, 0.4) is 0 Å². The molecule has 1 saturated heterocycles. The lowest BCUT2D eigenvalue weighted by atomic mass is 10.1. The predicted octanol–water partition coefficient (Wildman–Crippen LogP) is 4.13. The van der Waals surface area contributed by atoms with Crippen molar-refractivity contribution in [1.82, 2.24) is 4.90 Å². The number of benzene rings is 1. The Labute approximate surface area is 148 Å². The summed E-state index contributed by atoms with van der Waals surface area (Å²) in [5.41, 5.74) is 2.51. The van der Waals surface area contributed by atoms with Crippen molar-refractivity contribution in [3.05, 3.63) is 58.8 Å². The van der Waals surface area contributed by atoms with Crippen LogP contribution in [0.5, 0.6) is 5.75 Å². The highest BCUT2D eigenvalue weighted by Crippen LogP contribution is 2.32. The van der Waals surface area contributed by atoms with Crippen molar-refractivity contribution in [3.63, 3.8) is 0 Å². The molecule has 0 unspecified atom stereocenters. The Kier molecular flexibility index (Phi) is 5.27. The highest BCUT2D eigenvalue weighted by molar-refractivity contribution is 7.10. The lowest BCUT2D eigenvalue weighted by molar-refractivity contribution is 0.184. The van der Waals surface area contributed by atoms with Crippen LogP contribution in [-0.4, -0.2) is 41.7 Å². The molecule has 0 radical (unpaired) electrons. The summed E-state index contributed by atoms with van der Waals surface area (Å²) in [6.07, 6.45) is 2.87. The second kappa shape index (κ2) is 7.41. The van der Waals surface area contributed by atoms with E-state index in [2.05, 4.69) is 47.7 Å². The van der Waals surface area contributed by atoms with E-state index in [1.807, 2.05) is 18.2 Å². The zero-order valence-electron chi connectivity index (χ0n) is 14.5. The molecule has 24 heavy (non-hydrogen) atoms. The normalized spacial score (nSPS) is 21.8. The van der Waals surface area contributed by atoms with Crippen LogP contribution in [0, 0.1) is 0 Å². The summed E-state index contributed by atoms with van der Waals surface area (Å²) in [6.45, 7) is 11.5. The molecule has 2 aromatic rings. The van der Waals surface area contributed by atoms with Crippen LogP contribution < -0.4 is 4.90 Å². The minimum absolute atomic E-state index is 0.339. The van der Waals surface area contributed by atoms with Gasteiger partial charge in [-0.1, -0.05) is 18.2 Å². The molecule has 1 aliphatic rings. The number of aromatic hydroxyl groups is 1. The topological polar surface area (TPSA) is 26.7 Å². The van der Waals surface area contributed by atoms with E-state index in [-0.39, 0.29) is 0 Å². The lowest BCUT2D eigenvalue weighted by Gasteiger charge is -2.45. The van der Waals surface area contributed by atoms with E-state index in [4.69, 9.17) is 0 Å². The quantitative estimate of drug-likeness (QED) is 0.828. The fourth-order valence-electron chi connectivity index (χ4n) is 3.53. The molecule has 1 aromatic heterocycles. The molecule has 0 aliphatic carbocycles. The summed E-state index contributed by atoms with van der Waals surface area (Å²) in [5, 5.41) is 11.9. The van der Waals surface area contributed by atoms with Gasteiger partial charge in [0.25, 0.3) is 0 Å². The highest BCUT2D eigenvalue weighted by atomic mass is 32.1. The molecule has 0 bridgehead atoms. The van der Waals surface area contributed by atoms with Crippen LogP contribution in [-0.2, 0) is 6.42 Å². The molecule has 3 nitrogen and oxygen atoms in total. The molecule has 2 atom stereocenters. The first-order valence-corrected chi connectivity index (χ1v) is 9.42. The van der Waals surface area contributed by atoms with E-state index >= 15 is 0 Å². The van der Waals surface area contributed by atoms with Gasteiger partial charge in [-0.3, -0.25) is 4.90 Å². The van der Waals surface area contributed by atoms with Crippen molar-refractivity contribution >= 4 is 17.0 Å². The number of hydrogen-bond donors (Lipinski definition) is 1. The van der Waals surface area contributed by atoms with E-state index in [9.17, 15) is 5.11 Å². The maximum atomic E-state index is 9.70. The number of phenolic OH excluding ortho intramolecular Hbond substituents is 1. The fourth-order valence-corrected chi connectivity index (χ4v) is 4.45. The third-order valence-electron chi connectivity index (χ3n) is 4.79. The van der Waals surface area contributed by atoms with Crippen molar-refractivity contribution in [3.8, 4) is 5.75 Å². The second-order valence-corrected chi connectivity index (χ2v) is 7.67. The highest BCUT2D eigenvalue weighted by Gasteiger charge is 2.29. The van der Waals surface area contributed by atoms with Gasteiger partial charge in [-0.2, -0.15) is 0 Å². The molecule has 0 spiro atoms. The monoisotopic (exact) mass is 342 g/mol. The first-order chi connectivity index (χ1) is 11.6. The summed E-state index contributed by atoms with van der Waals surface area (Å²) in [4.78, 5) is 6.41. The van der Waals surface area contributed by atoms with Gasteiger partial charge in [-0.25, -0.2) is 0 Å². The van der Waals surface area contributed by atoms with Crippen molar-refractivity contribution in [2.75, 3.05) is 24.5 Å². The Morgan fingerprint density at radius 3 is 2.83 bits per heavy atom. The van der Waals surface area contributed by atoms with Crippen LogP contribution in [0.4, 0.5) is 5.69 Å². The number of nitrogens with zero attached hydrogens (tertiary/aromatic N) is 2. The number of rotatable bonds is 5. The van der Waals surface area contributed by atoms with Gasteiger partial charge in [0, 0.05) is 43.0 Å². The SMILES string of the molecule is C=CCN1C[C@H](C)N(c2ccsc2Cc2cccc(O)c2)C[C@H]1C. The van der Waals surface area contributed by atoms with Gasteiger partial charge in [0.15, 0.2) is 0 Å². The van der Waals surface area contributed by atoms with Crippen LogP contribution in [0.1, 0.15) is 24.3 Å². The summed E-state index contributed by atoms with van der Waals surface area (Å²) in [6, 6.07) is 10.8. The van der Waals surface area contributed by atoms with Gasteiger partial charge in [0.1, 0.15) is 5.75 Å². The van der Waals surface area contributed by atoms with Crippen molar-refractivity contribution in [2.45, 2.75) is 32.4 Å². The van der Waals surface area contributed by atoms with E-state index in [1.54, 1.807) is 17.4 Å². The Morgan fingerprint density at radius 2 is 2.08 bits per heavy atom. The van der Waals surface area contributed by atoms with Gasteiger partial charge in [0.2, 0.25) is 0 Å². The van der Waals surface area contributed by atoms with Crippen LogP contribution in [0.15, 0.2) is 48.4 Å². The summed E-state index contributed by atoms with van der Waals surface area (Å²) >= 11 is 1.81. The molecule has 1 N–H and O–H groups in total. The smallest absolute Gasteiger partial charge is 0.115 e. The molecule has 3 rings (SSSR count). The minimum atomic E-state index is 0.339. The van der Waals surface area contributed by atoms with Gasteiger partial charge in [-0.05, 0) is 43.0 Å². The molecule has 128 valence electrons. The Balaban J connectivity index is 1.78. The van der Waals surface area contributed by atoms with Crippen LogP contribution in [0.25, 0.3) is 0 Å². The summed E-state index contributed by atoms with van der Waals surface area (Å²) < 4.78 is 0. The van der Waals surface area contributed by atoms with Crippen molar-refractivity contribution in [2.24, 2.45) is 0 Å². The number of hydrogen-bond acceptors (Lipinski definition) is 4. The van der Waals surface area contributed by atoms with E-state index in [0.717, 1.165) is 31.6 Å². The third-order valence-corrected chi connectivity index (χ3v) is 5.70. The fraction of sp³-hybridized carbons (Fsp3) is 0.400. The lowest BCUT2D eigenvalue weighted by Crippen LogP contribution is -2.56. The molecular weight excluding hydrogens is 316 g/mol. The maximum Gasteiger partial charge on any atom is 0.115 e. The molecule has 4 heteroatoms. The number of thiophene rings is 1. The van der Waals surface area contributed by atoms with E-state index < -0.39 is 0 Å². The Bertz CT molecular complexity index is 696. The van der Waals surface area contributed by atoms with Gasteiger partial charge < -0.3 is 10.0 Å². The van der Waals surface area contributed by atoms with Crippen LogP contribution in [0.2, 0.25) is 0 Å². The Morgan fingerprint density at radius 1 is 1.25 bits per heavy atom. The molecule has 1 fully saturated rings. The maximum absolute atomic E-state index is 9.70. The number of piperazine rings is 1. The zero-order valence-corrected chi connectivity index (χ0v) is 15.3.